The van der Waals surface area contributed by atoms with Crippen LogP contribution in [-0.2, 0) is 0 Å². The second-order valence-electron chi connectivity index (χ2n) is 15.3. The normalized spacial score (nSPS) is 11.7. The minimum absolute atomic E-state index is 0.841. The van der Waals surface area contributed by atoms with Crippen molar-refractivity contribution in [1.29, 1.82) is 0 Å². The first-order chi connectivity index (χ1) is 29.3. The van der Waals surface area contributed by atoms with Crippen LogP contribution in [0.25, 0.3) is 93.2 Å². The van der Waals surface area contributed by atoms with Crippen LogP contribution in [0.5, 0.6) is 0 Å². The molecule has 0 unspecified atom stereocenters. The van der Waals surface area contributed by atoms with Crippen molar-refractivity contribution in [2.75, 3.05) is 4.90 Å². The molecule has 0 N–H and O–H groups in total. The van der Waals surface area contributed by atoms with Crippen molar-refractivity contribution in [3.63, 3.8) is 0 Å². The fraction of sp³-hybridized carbons (Fsp3) is 0. The molecular formula is C56H36N2O. The fourth-order valence-corrected chi connectivity index (χ4v) is 9.29. The number of para-hydroxylation sites is 2. The molecule has 0 aliphatic carbocycles. The lowest BCUT2D eigenvalue weighted by Crippen LogP contribution is -2.12. The summed E-state index contributed by atoms with van der Waals surface area (Å²) in [5.74, 6) is 0. The van der Waals surface area contributed by atoms with Gasteiger partial charge >= 0.3 is 0 Å². The van der Waals surface area contributed by atoms with Crippen molar-refractivity contribution in [1.82, 2.24) is 4.57 Å². The zero-order valence-electron chi connectivity index (χ0n) is 32.1. The third kappa shape index (κ3) is 5.29. The Bertz CT molecular complexity index is 3530. The molecule has 0 aliphatic rings. The molecular weight excluding hydrogens is 717 g/mol. The monoisotopic (exact) mass is 752 g/mol. The predicted octanol–water partition coefficient (Wildman–Crippen LogP) is 15.8. The minimum Gasteiger partial charge on any atom is -0.456 e. The maximum Gasteiger partial charge on any atom is 0.139 e. The van der Waals surface area contributed by atoms with Crippen molar-refractivity contribution >= 4 is 82.4 Å². The van der Waals surface area contributed by atoms with Crippen LogP contribution in [0.1, 0.15) is 0 Å². The second kappa shape index (κ2) is 13.4. The van der Waals surface area contributed by atoms with Gasteiger partial charge in [-0.25, -0.2) is 0 Å². The molecule has 0 amide bonds. The number of hydrogen-bond acceptors (Lipinski definition) is 2. The predicted molar refractivity (Wildman–Crippen MR) is 249 cm³/mol. The summed E-state index contributed by atoms with van der Waals surface area (Å²) in [6.07, 6.45) is 0. The zero-order chi connectivity index (χ0) is 38.9. The van der Waals surface area contributed by atoms with Crippen LogP contribution >= 0.6 is 0 Å². The third-order valence-electron chi connectivity index (χ3n) is 11.9. The second-order valence-corrected chi connectivity index (χ2v) is 15.3. The summed E-state index contributed by atoms with van der Waals surface area (Å²) < 4.78 is 9.31. The third-order valence-corrected chi connectivity index (χ3v) is 11.9. The van der Waals surface area contributed by atoms with Crippen LogP contribution in [0.15, 0.2) is 223 Å². The molecule has 0 fully saturated rings. The number of benzene rings is 10. The average Bonchev–Trinajstić information content (AvgIpc) is 3.85. The Kier molecular flexibility index (Phi) is 7.54. The minimum atomic E-state index is 0.841. The van der Waals surface area contributed by atoms with E-state index in [9.17, 15) is 0 Å². The van der Waals surface area contributed by atoms with Gasteiger partial charge in [0.25, 0.3) is 0 Å². The Morgan fingerprint density at radius 3 is 1.68 bits per heavy atom. The Balaban J connectivity index is 1.29. The lowest BCUT2D eigenvalue weighted by Gasteiger charge is -2.29. The van der Waals surface area contributed by atoms with Crippen molar-refractivity contribution in [3.8, 4) is 27.9 Å². The molecule has 0 atom stereocenters. The first kappa shape index (κ1) is 33.3. The molecule has 0 spiro atoms. The first-order valence-electron chi connectivity index (χ1n) is 20.2. The first-order valence-corrected chi connectivity index (χ1v) is 20.2. The lowest BCUT2D eigenvalue weighted by atomic mass is 9.96. The summed E-state index contributed by atoms with van der Waals surface area (Å²) in [5, 5.41) is 9.29. The Labute approximate surface area is 341 Å². The largest absolute Gasteiger partial charge is 0.456 e. The van der Waals surface area contributed by atoms with Crippen LogP contribution in [0, 0.1) is 0 Å². The van der Waals surface area contributed by atoms with E-state index in [0.717, 1.165) is 61.1 Å². The highest BCUT2D eigenvalue weighted by molar-refractivity contribution is 6.29. The molecule has 0 saturated heterocycles. The molecule has 0 radical (unpaired) electrons. The quantitative estimate of drug-likeness (QED) is 0.158. The highest BCUT2D eigenvalue weighted by Gasteiger charge is 2.28. The molecule has 0 aliphatic heterocycles. The van der Waals surface area contributed by atoms with E-state index >= 15 is 0 Å². The van der Waals surface area contributed by atoms with E-state index in [1.165, 1.54) is 49.2 Å². The van der Waals surface area contributed by atoms with E-state index in [4.69, 9.17) is 4.42 Å². The maximum absolute atomic E-state index is 6.90. The summed E-state index contributed by atoms with van der Waals surface area (Å²) in [5.41, 5.74) is 13.0. The van der Waals surface area contributed by atoms with Gasteiger partial charge in [0, 0.05) is 39.0 Å². The van der Waals surface area contributed by atoms with E-state index in [-0.39, 0.29) is 0 Å². The van der Waals surface area contributed by atoms with Crippen LogP contribution in [-0.4, -0.2) is 4.57 Å². The summed E-state index contributed by atoms with van der Waals surface area (Å²) in [6.45, 7) is 0. The van der Waals surface area contributed by atoms with E-state index in [2.05, 4.69) is 228 Å². The molecule has 276 valence electrons. The average molecular weight is 753 g/mol. The van der Waals surface area contributed by atoms with Crippen molar-refractivity contribution in [2.24, 2.45) is 0 Å². The van der Waals surface area contributed by atoms with E-state index in [1.807, 2.05) is 0 Å². The van der Waals surface area contributed by atoms with E-state index in [0.29, 0.717) is 0 Å². The maximum atomic E-state index is 6.90. The Hall–Kier alpha value is -7.88. The number of hydrogen-bond donors (Lipinski definition) is 0. The van der Waals surface area contributed by atoms with Gasteiger partial charge < -0.3 is 13.9 Å². The molecule has 2 heterocycles. The Morgan fingerprint density at radius 2 is 0.932 bits per heavy atom. The smallest absolute Gasteiger partial charge is 0.139 e. The van der Waals surface area contributed by atoms with Crippen molar-refractivity contribution in [2.45, 2.75) is 0 Å². The van der Waals surface area contributed by atoms with Gasteiger partial charge in [0.1, 0.15) is 11.2 Å². The number of anilines is 3. The number of fused-ring (bicyclic) bond motifs is 9. The van der Waals surface area contributed by atoms with Crippen LogP contribution in [0.3, 0.4) is 0 Å². The van der Waals surface area contributed by atoms with Gasteiger partial charge in [-0.15, -0.1) is 0 Å². The van der Waals surface area contributed by atoms with Crippen LogP contribution < -0.4 is 4.90 Å². The van der Waals surface area contributed by atoms with Gasteiger partial charge in [0.15, 0.2) is 0 Å². The summed E-state index contributed by atoms with van der Waals surface area (Å²) >= 11 is 0. The highest BCUT2D eigenvalue weighted by Crippen LogP contribution is 2.52. The highest BCUT2D eigenvalue weighted by atomic mass is 16.3. The van der Waals surface area contributed by atoms with E-state index < -0.39 is 0 Å². The molecule has 59 heavy (non-hydrogen) atoms. The summed E-state index contributed by atoms with van der Waals surface area (Å²) in [6, 6.07) is 78.8. The van der Waals surface area contributed by atoms with Gasteiger partial charge in [-0.05, 0) is 86.9 Å². The standard InChI is InChI=1S/C56H36N2O/c1-4-16-37(17-5-1)39-28-31-43(32-29-39)58(50-35-41-20-10-11-23-44(41)45-24-12-13-25-46(45)50)56-54-48-34-40(38-18-6-2-7-19-38)30-33-49(48)57(42-21-8-3-9-22-42)51(54)36-53-55(56)47-26-14-15-27-52(47)59-53/h1-36H. The lowest BCUT2D eigenvalue weighted by molar-refractivity contribution is 0.669. The van der Waals surface area contributed by atoms with Gasteiger partial charge in [0.05, 0.1) is 27.8 Å². The SMILES string of the molecule is c1ccc(-c2ccc(N(c3cc4ccccc4c4ccccc34)c3c4c(cc5c3c3cc(-c6ccccc6)ccc3n5-c3ccccc3)oc3ccccc34)cc2)cc1. The topological polar surface area (TPSA) is 21.3 Å². The van der Waals surface area contributed by atoms with Crippen LogP contribution in [0.4, 0.5) is 17.1 Å². The van der Waals surface area contributed by atoms with Gasteiger partial charge in [-0.3, -0.25) is 0 Å². The number of rotatable bonds is 6. The molecule has 12 rings (SSSR count). The number of nitrogens with zero attached hydrogens (tertiary/aromatic N) is 2. The molecule has 2 aromatic heterocycles. The van der Waals surface area contributed by atoms with Crippen LogP contribution in [0.2, 0.25) is 0 Å². The van der Waals surface area contributed by atoms with E-state index in [1.54, 1.807) is 0 Å². The van der Waals surface area contributed by atoms with Gasteiger partial charge in [0.2, 0.25) is 0 Å². The fourth-order valence-electron chi connectivity index (χ4n) is 9.29. The molecule has 3 heteroatoms. The number of aromatic nitrogens is 1. The molecule has 0 saturated carbocycles. The van der Waals surface area contributed by atoms with Gasteiger partial charge in [-0.1, -0.05) is 164 Å². The molecule has 12 aromatic rings. The summed E-state index contributed by atoms with van der Waals surface area (Å²) in [4.78, 5) is 2.51. The zero-order valence-corrected chi connectivity index (χ0v) is 32.1. The molecule has 10 aromatic carbocycles. The summed E-state index contributed by atoms with van der Waals surface area (Å²) in [7, 11) is 0. The number of furan rings is 1. The molecule has 0 bridgehead atoms. The van der Waals surface area contributed by atoms with Crippen molar-refractivity contribution < 1.29 is 4.42 Å². The molecule has 3 nitrogen and oxygen atoms in total. The Morgan fingerprint density at radius 1 is 0.356 bits per heavy atom. The van der Waals surface area contributed by atoms with Gasteiger partial charge in [-0.2, -0.15) is 0 Å². The van der Waals surface area contributed by atoms with Crippen molar-refractivity contribution in [3.05, 3.63) is 218 Å².